The standard InChI is InChI=1S/C21H19N3O6S2/c1-13-3-9-16(10-4-13)32(28,29)24-15-7-5-14(6-8-15)18(25)22-20-17(11-12-31-20)19(26)23-21(27)30-2/h3-12,24H,1-2H3,(H,22,25)(H,23,26,27). The number of carbonyl (C=O) groups excluding carboxylic acids is 3. The summed E-state index contributed by atoms with van der Waals surface area (Å²) in [4.78, 5) is 36.0. The van der Waals surface area contributed by atoms with Crippen molar-refractivity contribution in [2.24, 2.45) is 0 Å². The summed E-state index contributed by atoms with van der Waals surface area (Å²) in [6.07, 6.45) is -0.915. The number of anilines is 2. The van der Waals surface area contributed by atoms with Crippen LogP contribution in [0.15, 0.2) is 64.9 Å². The Morgan fingerprint density at radius 2 is 1.56 bits per heavy atom. The highest BCUT2D eigenvalue weighted by Crippen LogP contribution is 2.24. The van der Waals surface area contributed by atoms with Crippen LogP contribution in [0.2, 0.25) is 0 Å². The summed E-state index contributed by atoms with van der Waals surface area (Å²) < 4.78 is 31.8. The third kappa shape index (κ3) is 5.50. The van der Waals surface area contributed by atoms with Gasteiger partial charge < -0.3 is 10.1 Å². The lowest BCUT2D eigenvalue weighted by Gasteiger charge is -2.10. The van der Waals surface area contributed by atoms with Crippen molar-refractivity contribution in [2.75, 3.05) is 17.1 Å². The van der Waals surface area contributed by atoms with Gasteiger partial charge in [0.05, 0.1) is 17.6 Å². The second kappa shape index (κ2) is 9.62. The number of nitrogens with one attached hydrogen (secondary N) is 3. The van der Waals surface area contributed by atoms with Gasteiger partial charge in [0.15, 0.2) is 0 Å². The average Bonchev–Trinajstić information content (AvgIpc) is 3.22. The topological polar surface area (TPSA) is 131 Å². The molecule has 2 aromatic carbocycles. The van der Waals surface area contributed by atoms with Crippen LogP contribution in [0.1, 0.15) is 26.3 Å². The maximum atomic E-state index is 12.5. The molecule has 0 spiro atoms. The zero-order chi connectivity index (χ0) is 23.3. The van der Waals surface area contributed by atoms with Gasteiger partial charge in [-0.3, -0.25) is 19.6 Å². The highest BCUT2D eigenvalue weighted by molar-refractivity contribution is 7.92. The number of amides is 3. The molecule has 166 valence electrons. The fourth-order valence-corrected chi connectivity index (χ4v) is 4.43. The van der Waals surface area contributed by atoms with Gasteiger partial charge in [0, 0.05) is 11.3 Å². The van der Waals surface area contributed by atoms with E-state index in [2.05, 4.69) is 14.8 Å². The molecule has 3 N–H and O–H groups in total. The summed E-state index contributed by atoms with van der Waals surface area (Å²) in [6.45, 7) is 1.86. The first-order valence-corrected chi connectivity index (χ1v) is 11.5. The van der Waals surface area contributed by atoms with Crippen molar-refractivity contribution < 1.29 is 27.5 Å². The van der Waals surface area contributed by atoms with Crippen molar-refractivity contribution in [2.45, 2.75) is 11.8 Å². The molecule has 1 aromatic heterocycles. The van der Waals surface area contributed by atoms with E-state index in [1.165, 1.54) is 42.5 Å². The maximum absolute atomic E-state index is 12.5. The molecule has 1 heterocycles. The molecule has 11 heteroatoms. The number of carbonyl (C=O) groups is 3. The van der Waals surface area contributed by atoms with Gasteiger partial charge in [-0.25, -0.2) is 13.2 Å². The Hall–Kier alpha value is -3.70. The summed E-state index contributed by atoms with van der Waals surface area (Å²) in [7, 11) is -2.63. The summed E-state index contributed by atoms with van der Waals surface area (Å²) >= 11 is 1.11. The molecule has 32 heavy (non-hydrogen) atoms. The first-order valence-electron chi connectivity index (χ1n) is 9.17. The van der Waals surface area contributed by atoms with Crippen molar-refractivity contribution in [3.05, 3.63) is 76.7 Å². The first-order chi connectivity index (χ1) is 15.2. The number of hydrogen-bond donors (Lipinski definition) is 3. The van der Waals surface area contributed by atoms with Gasteiger partial charge in [0.2, 0.25) is 0 Å². The molecule has 0 aliphatic heterocycles. The van der Waals surface area contributed by atoms with Gasteiger partial charge in [0.1, 0.15) is 5.00 Å². The Kier molecular flexibility index (Phi) is 6.91. The zero-order valence-corrected chi connectivity index (χ0v) is 18.7. The van der Waals surface area contributed by atoms with Crippen LogP contribution >= 0.6 is 11.3 Å². The number of thiophene rings is 1. The average molecular weight is 474 g/mol. The highest BCUT2D eigenvalue weighted by Gasteiger charge is 2.19. The van der Waals surface area contributed by atoms with Crippen molar-refractivity contribution in [3.63, 3.8) is 0 Å². The molecule has 0 bridgehead atoms. The number of rotatable bonds is 6. The van der Waals surface area contributed by atoms with E-state index in [-0.39, 0.29) is 26.7 Å². The molecule has 9 nitrogen and oxygen atoms in total. The molecule has 0 aliphatic carbocycles. The SMILES string of the molecule is COC(=O)NC(=O)c1ccsc1NC(=O)c1ccc(NS(=O)(=O)c2ccc(C)cc2)cc1. The molecule has 3 rings (SSSR count). The third-order valence-electron chi connectivity index (χ3n) is 4.27. The van der Waals surface area contributed by atoms with Gasteiger partial charge >= 0.3 is 6.09 Å². The van der Waals surface area contributed by atoms with E-state index in [0.29, 0.717) is 0 Å². The lowest BCUT2D eigenvalue weighted by Crippen LogP contribution is -2.30. The van der Waals surface area contributed by atoms with E-state index in [1.807, 2.05) is 12.2 Å². The lowest BCUT2D eigenvalue weighted by molar-refractivity contribution is 0.0938. The van der Waals surface area contributed by atoms with Gasteiger partial charge in [0.25, 0.3) is 21.8 Å². The van der Waals surface area contributed by atoms with Gasteiger partial charge in [-0.1, -0.05) is 17.7 Å². The van der Waals surface area contributed by atoms with Crippen LogP contribution in [0.4, 0.5) is 15.5 Å². The van der Waals surface area contributed by atoms with Crippen molar-refractivity contribution in [3.8, 4) is 0 Å². The molecular formula is C21H19N3O6S2. The molecule has 0 saturated carbocycles. The quantitative estimate of drug-likeness (QED) is 0.501. The summed E-state index contributed by atoms with van der Waals surface area (Å²) in [5.41, 5.74) is 1.58. The van der Waals surface area contributed by atoms with E-state index in [9.17, 15) is 22.8 Å². The first kappa shape index (κ1) is 23.0. The fourth-order valence-electron chi connectivity index (χ4n) is 2.59. The van der Waals surface area contributed by atoms with E-state index in [1.54, 1.807) is 17.5 Å². The van der Waals surface area contributed by atoms with E-state index >= 15 is 0 Å². The second-order valence-electron chi connectivity index (χ2n) is 6.56. The minimum atomic E-state index is -3.76. The minimum absolute atomic E-state index is 0.108. The monoisotopic (exact) mass is 473 g/mol. The highest BCUT2D eigenvalue weighted by atomic mass is 32.2. The van der Waals surface area contributed by atoms with E-state index in [4.69, 9.17) is 0 Å². The number of sulfonamides is 1. The molecule has 0 aliphatic rings. The van der Waals surface area contributed by atoms with Crippen molar-refractivity contribution in [1.29, 1.82) is 0 Å². The van der Waals surface area contributed by atoms with Crippen LogP contribution in [0.25, 0.3) is 0 Å². The molecule has 3 aromatic rings. The van der Waals surface area contributed by atoms with Gasteiger partial charge in [-0.15, -0.1) is 11.3 Å². The number of aryl methyl sites for hydroxylation is 1. The second-order valence-corrected chi connectivity index (χ2v) is 9.16. The van der Waals surface area contributed by atoms with Gasteiger partial charge in [-0.05, 0) is 54.8 Å². The Balaban J connectivity index is 1.69. The Labute approximate surface area is 188 Å². The van der Waals surface area contributed by atoms with Crippen molar-refractivity contribution >= 4 is 50.0 Å². The molecule has 3 amide bonds. The Bertz CT molecular complexity index is 1250. The lowest BCUT2D eigenvalue weighted by atomic mass is 10.2. The molecule has 0 atom stereocenters. The molecule has 0 fully saturated rings. The molecule has 0 unspecified atom stereocenters. The largest absolute Gasteiger partial charge is 0.453 e. The molecule has 0 saturated heterocycles. The maximum Gasteiger partial charge on any atom is 0.413 e. The van der Waals surface area contributed by atoms with Gasteiger partial charge in [-0.2, -0.15) is 0 Å². The van der Waals surface area contributed by atoms with E-state index in [0.717, 1.165) is 24.0 Å². The molecule has 0 radical (unpaired) electrons. The molecular weight excluding hydrogens is 454 g/mol. The number of methoxy groups -OCH3 is 1. The van der Waals surface area contributed by atoms with Crippen LogP contribution in [0.3, 0.4) is 0 Å². The predicted octanol–water partition coefficient (Wildman–Crippen LogP) is 3.61. The van der Waals surface area contributed by atoms with Crippen LogP contribution in [0.5, 0.6) is 0 Å². The number of benzene rings is 2. The van der Waals surface area contributed by atoms with Crippen LogP contribution in [0, 0.1) is 6.92 Å². The summed E-state index contributed by atoms with van der Waals surface area (Å²) in [6, 6.07) is 13.7. The van der Waals surface area contributed by atoms with E-state index < -0.39 is 27.9 Å². The minimum Gasteiger partial charge on any atom is -0.453 e. The Morgan fingerprint density at radius 3 is 2.19 bits per heavy atom. The van der Waals surface area contributed by atoms with Crippen LogP contribution < -0.4 is 15.4 Å². The van der Waals surface area contributed by atoms with Crippen LogP contribution in [-0.4, -0.2) is 33.4 Å². The zero-order valence-electron chi connectivity index (χ0n) is 17.0. The summed E-state index contributed by atoms with van der Waals surface area (Å²) in [5, 5.41) is 6.47. The smallest absolute Gasteiger partial charge is 0.413 e. The number of ether oxygens (including phenoxy) is 1. The van der Waals surface area contributed by atoms with Crippen LogP contribution in [-0.2, 0) is 14.8 Å². The number of hydrogen-bond acceptors (Lipinski definition) is 7. The number of alkyl carbamates (subject to hydrolysis) is 1. The normalized spacial score (nSPS) is 10.8. The van der Waals surface area contributed by atoms with Crippen molar-refractivity contribution in [1.82, 2.24) is 5.32 Å². The Morgan fingerprint density at radius 1 is 0.906 bits per heavy atom. The third-order valence-corrected chi connectivity index (χ3v) is 6.50. The number of imide groups is 1. The summed E-state index contributed by atoms with van der Waals surface area (Å²) in [5.74, 6) is -1.22. The predicted molar refractivity (Wildman–Crippen MR) is 121 cm³/mol. The fraction of sp³-hybridized carbons (Fsp3) is 0.0952.